The van der Waals surface area contributed by atoms with E-state index >= 15 is 0 Å². The molecule has 0 aliphatic carbocycles. The van der Waals surface area contributed by atoms with Gasteiger partial charge >= 0.3 is 0 Å². The van der Waals surface area contributed by atoms with Crippen LogP contribution >= 0.6 is 0 Å². The zero-order chi connectivity index (χ0) is 29.3. The van der Waals surface area contributed by atoms with E-state index in [2.05, 4.69) is 83.8 Å². The summed E-state index contributed by atoms with van der Waals surface area (Å²) in [7, 11) is 5.91. The molecule has 0 saturated heterocycles. The molecule has 0 saturated carbocycles. The van der Waals surface area contributed by atoms with Crippen molar-refractivity contribution in [1.82, 2.24) is 0 Å². The molecule has 0 N–H and O–H groups in total. The molecule has 1 aliphatic heterocycles. The normalized spacial score (nSPS) is 9.90. The molecular weight excluding hydrogens is 806 g/mol. The molecule has 0 unspecified atom stereocenters. The molecule has 41 heavy (non-hydrogen) atoms. The van der Waals surface area contributed by atoms with Crippen LogP contribution in [-0.2, 0) is 138 Å². The first-order valence-corrected chi connectivity index (χ1v) is 15.3. The summed E-state index contributed by atoms with van der Waals surface area (Å²) >= 11 is 0. The molecule has 1 aliphatic rings. The van der Waals surface area contributed by atoms with E-state index in [1.165, 1.54) is 51.4 Å². The predicted octanol–water partition coefficient (Wildman–Crippen LogP) is 10.2. The third-order valence-corrected chi connectivity index (χ3v) is 5.17. The fourth-order valence-corrected chi connectivity index (χ4v) is 2.88. The fraction of sp³-hybridized carbons (Fsp3) is 0.765. The van der Waals surface area contributed by atoms with Crippen LogP contribution in [0, 0.1) is 17.8 Å². The summed E-state index contributed by atoms with van der Waals surface area (Å²) in [5.74, 6) is 2.65. The van der Waals surface area contributed by atoms with Crippen molar-refractivity contribution < 1.29 is 140 Å². The third-order valence-electron chi connectivity index (χ3n) is 5.17. The molecule has 0 spiro atoms. The van der Waals surface area contributed by atoms with Crippen LogP contribution in [-0.4, -0.2) is 31.4 Å². The maximum Gasteiger partial charge on any atom is 0.168 e. The summed E-state index contributed by atoms with van der Waals surface area (Å²) in [6.07, 6.45) is 22.3. The van der Waals surface area contributed by atoms with Crippen LogP contribution in [0.3, 0.4) is 0 Å². The zero-order valence-electron chi connectivity index (χ0n) is 30.1. The smallest absolute Gasteiger partial charge is 0.168 e. The van der Waals surface area contributed by atoms with Crippen molar-refractivity contribution >= 4 is 6.21 Å². The van der Waals surface area contributed by atoms with Crippen molar-refractivity contribution in [3.8, 4) is 0 Å². The number of allylic oxidation sites excluding steroid dienone is 1. The number of pyridine rings is 1. The molecule has 1 aromatic heterocycles. The average Bonchev–Trinajstić information content (AvgIpc) is 3.35. The second-order valence-electron chi connectivity index (χ2n) is 10.7. The van der Waals surface area contributed by atoms with E-state index in [1.807, 2.05) is 70.2 Å². The van der Waals surface area contributed by atoms with Gasteiger partial charge in [0.1, 0.15) is 20.3 Å². The van der Waals surface area contributed by atoms with Crippen LogP contribution in [0.15, 0.2) is 42.9 Å². The fourth-order valence-electron chi connectivity index (χ4n) is 2.88. The Labute approximate surface area is 361 Å². The molecule has 0 atom stereocenters. The van der Waals surface area contributed by atoms with Crippen molar-refractivity contribution in [3.63, 3.8) is 0 Å². The summed E-state index contributed by atoms with van der Waals surface area (Å²) in [6, 6.07) is 6.00. The first kappa shape index (κ1) is 62.7. The van der Waals surface area contributed by atoms with E-state index in [0.717, 1.165) is 30.7 Å². The molecule has 2 rings (SSSR count). The van der Waals surface area contributed by atoms with Crippen LogP contribution < -0.4 is 4.57 Å². The van der Waals surface area contributed by atoms with Crippen LogP contribution in [0.5, 0.6) is 0 Å². The molecular formula is C34H70N3Y4+. The van der Waals surface area contributed by atoms with Gasteiger partial charge in [-0.15, -0.1) is 6.54 Å². The molecule has 2 heterocycles. The zero-order valence-corrected chi connectivity index (χ0v) is 41.4. The average molecular weight is 877 g/mol. The van der Waals surface area contributed by atoms with Crippen molar-refractivity contribution in [2.24, 2.45) is 24.8 Å². The topological polar surface area (TPSA) is 21.0 Å². The maximum atomic E-state index is 4.01. The van der Waals surface area contributed by atoms with E-state index < -0.39 is 0 Å². The molecule has 0 amide bonds. The van der Waals surface area contributed by atoms with Crippen molar-refractivity contribution in [2.75, 3.05) is 20.6 Å². The summed E-state index contributed by atoms with van der Waals surface area (Å²) in [5.41, 5.74) is 0. The standard InChI is InChI=1S/C7H16N.2C7H16.C6H8N.C5H8N.C2H6.4Y/c1-7(2)5-4-6-8-3;2*1-4-5-6-7(2)3;1-7-5-3-2-4-6-7;1-6-4-2-3-5-6;1-2;;;;/h7H,4-6H2,1-3H3;2*7H,4-6H2,1-3H3;2-6H,1H3;2,4-5H,3H2,1H3;1-2H3;;;;/q-1;;;2*+1;;;;;. The Morgan fingerprint density at radius 1 is 0.659 bits per heavy atom. The van der Waals surface area contributed by atoms with E-state index in [4.69, 9.17) is 0 Å². The number of aromatic nitrogens is 1. The van der Waals surface area contributed by atoms with Gasteiger partial charge in [0.05, 0.1) is 0 Å². The molecule has 3 nitrogen and oxygen atoms in total. The molecule has 0 fully saturated rings. The van der Waals surface area contributed by atoms with Gasteiger partial charge in [-0.25, -0.2) is 9.14 Å². The van der Waals surface area contributed by atoms with Gasteiger partial charge in [-0.05, 0) is 23.8 Å². The van der Waals surface area contributed by atoms with Gasteiger partial charge in [-0.2, -0.15) is 7.05 Å². The van der Waals surface area contributed by atoms with Crippen LogP contribution in [0.4, 0.5) is 0 Å². The molecule has 4 radical (unpaired) electrons. The van der Waals surface area contributed by atoms with Crippen molar-refractivity contribution in [1.29, 1.82) is 0 Å². The van der Waals surface area contributed by atoms with E-state index in [1.54, 1.807) is 0 Å². The number of aryl methyl sites for hydroxylation is 1. The van der Waals surface area contributed by atoms with Gasteiger partial charge in [0.2, 0.25) is 0 Å². The Balaban J connectivity index is -0.0000000532. The Morgan fingerprint density at radius 3 is 1.22 bits per heavy atom. The molecule has 0 aromatic carbocycles. The Kier molecular flexibility index (Phi) is 84.7. The first-order valence-electron chi connectivity index (χ1n) is 15.3. The largest absolute Gasteiger partial charge is 0.665 e. The monoisotopic (exact) mass is 876 g/mol. The summed E-state index contributed by atoms with van der Waals surface area (Å²) in [5, 5.41) is 4.01. The Hall–Kier alpha value is 2.94. The van der Waals surface area contributed by atoms with Crippen molar-refractivity contribution in [3.05, 3.63) is 48.2 Å². The van der Waals surface area contributed by atoms with E-state index in [-0.39, 0.29) is 131 Å². The van der Waals surface area contributed by atoms with Gasteiger partial charge in [0.15, 0.2) is 18.6 Å². The summed E-state index contributed by atoms with van der Waals surface area (Å²) in [4.78, 5) is 0. The number of rotatable bonds is 10. The number of hydrogen-bond acceptors (Lipinski definition) is 0. The minimum absolute atomic E-state index is 0. The molecule has 7 heteroatoms. The second-order valence-corrected chi connectivity index (χ2v) is 10.7. The minimum Gasteiger partial charge on any atom is -0.665 e. The number of hydrogen-bond donors (Lipinski definition) is 0. The molecule has 0 bridgehead atoms. The molecule has 232 valence electrons. The van der Waals surface area contributed by atoms with Crippen molar-refractivity contribution in [2.45, 2.75) is 127 Å². The third kappa shape index (κ3) is 75.2. The van der Waals surface area contributed by atoms with Gasteiger partial charge in [0.25, 0.3) is 0 Å². The van der Waals surface area contributed by atoms with Gasteiger partial charge in [-0.3, -0.25) is 0 Å². The summed E-state index contributed by atoms with van der Waals surface area (Å²) in [6.45, 7) is 23.1. The van der Waals surface area contributed by atoms with Gasteiger partial charge in [0, 0.05) is 149 Å². The first-order chi connectivity index (χ1) is 17.6. The predicted molar refractivity (Wildman–Crippen MR) is 172 cm³/mol. The Bertz CT molecular complexity index is 564. The number of unbranched alkanes of at least 4 members (excludes halogenated alkanes) is 2. The summed E-state index contributed by atoms with van der Waals surface area (Å²) < 4.78 is 4.06. The number of nitrogens with zero attached hydrogens (tertiary/aromatic N) is 3. The van der Waals surface area contributed by atoms with Crippen LogP contribution in [0.25, 0.3) is 5.32 Å². The van der Waals surface area contributed by atoms with E-state index in [0.29, 0.717) is 0 Å². The quantitative estimate of drug-likeness (QED) is 0.165. The Morgan fingerprint density at radius 2 is 1.05 bits per heavy atom. The van der Waals surface area contributed by atoms with Gasteiger partial charge < -0.3 is 5.32 Å². The van der Waals surface area contributed by atoms with Crippen LogP contribution in [0.1, 0.15) is 127 Å². The second kappa shape index (κ2) is 55.3. The van der Waals surface area contributed by atoms with E-state index in [9.17, 15) is 0 Å². The molecule has 1 aromatic rings. The SMILES string of the molecule is CC.CCCCC(C)C.CCCCC(C)C.C[N+]1=CCC=C1.C[N-]CCCC(C)C.C[n+]1ccccc1.[Y].[Y].[Y].[Y]. The van der Waals surface area contributed by atoms with Gasteiger partial charge in [-0.1, -0.05) is 127 Å². The minimum atomic E-state index is 0. The maximum absolute atomic E-state index is 4.01. The van der Waals surface area contributed by atoms with Crippen LogP contribution in [0.2, 0.25) is 0 Å².